The average Bonchev–Trinajstić information content (AvgIpc) is 2.14. The Morgan fingerprint density at radius 1 is 1.46 bits per heavy atom. The molecule has 0 rings (SSSR count). The van der Waals surface area contributed by atoms with Gasteiger partial charge in [-0.2, -0.15) is 0 Å². The fourth-order valence-corrected chi connectivity index (χ4v) is 0.982. The molecule has 4 nitrogen and oxygen atoms in total. The first kappa shape index (κ1) is 12.4. The van der Waals surface area contributed by atoms with Crippen molar-refractivity contribution in [1.29, 1.82) is 0 Å². The van der Waals surface area contributed by atoms with E-state index in [2.05, 4.69) is 12.2 Å². The minimum Gasteiger partial charge on any atom is -0.355 e. The maximum atomic E-state index is 11.2. The smallest absolute Gasteiger partial charge is 0.236 e. The van der Waals surface area contributed by atoms with E-state index in [1.54, 1.807) is 0 Å². The Kier molecular flexibility index (Phi) is 7.63. The second-order valence-corrected chi connectivity index (χ2v) is 3.04. The fraction of sp³-hybridized carbons (Fsp3) is 0.778. The molecule has 13 heavy (non-hydrogen) atoms. The van der Waals surface area contributed by atoms with Crippen molar-refractivity contribution < 1.29 is 4.79 Å². The minimum atomic E-state index is -0.391. The lowest BCUT2D eigenvalue weighted by atomic mass is 10.1. The molecule has 0 saturated carbocycles. The van der Waals surface area contributed by atoms with Crippen molar-refractivity contribution in [3.8, 4) is 0 Å². The first-order valence-electron chi connectivity index (χ1n) is 4.75. The first-order chi connectivity index (χ1) is 6.22. The molecule has 0 spiro atoms. The molecular formula is C9H20N3O. The molecule has 0 saturated heterocycles. The predicted molar refractivity (Wildman–Crippen MR) is 53.9 cm³/mol. The molecule has 0 heterocycles. The Hall–Kier alpha value is -0.610. The number of carbonyl (C=O) groups excluding carboxylic acids is 1. The molecular weight excluding hydrogens is 166 g/mol. The van der Waals surface area contributed by atoms with Gasteiger partial charge in [0.1, 0.15) is 0 Å². The number of hydrogen-bond donors (Lipinski definition) is 3. The van der Waals surface area contributed by atoms with Gasteiger partial charge in [0.25, 0.3) is 0 Å². The number of unbranched alkanes of at least 4 members (excludes halogenated alkanes) is 1. The van der Waals surface area contributed by atoms with Crippen LogP contribution in [0.1, 0.15) is 25.7 Å². The van der Waals surface area contributed by atoms with E-state index in [1.807, 2.05) is 0 Å². The fourth-order valence-electron chi connectivity index (χ4n) is 0.982. The normalized spacial score (nSPS) is 12.5. The van der Waals surface area contributed by atoms with Crippen LogP contribution in [-0.4, -0.2) is 25.0 Å². The Morgan fingerprint density at radius 2 is 2.15 bits per heavy atom. The molecule has 0 aliphatic carbocycles. The van der Waals surface area contributed by atoms with Gasteiger partial charge in [-0.3, -0.25) is 4.79 Å². The molecule has 0 bridgehead atoms. The topological polar surface area (TPSA) is 81.1 Å². The number of hydrogen-bond acceptors (Lipinski definition) is 3. The molecule has 5 N–H and O–H groups in total. The van der Waals surface area contributed by atoms with E-state index in [9.17, 15) is 4.79 Å². The molecule has 1 amide bonds. The summed E-state index contributed by atoms with van der Waals surface area (Å²) in [6.45, 7) is 4.88. The van der Waals surface area contributed by atoms with E-state index in [1.165, 1.54) is 0 Å². The van der Waals surface area contributed by atoms with Crippen LogP contribution in [-0.2, 0) is 4.79 Å². The highest BCUT2D eigenvalue weighted by Crippen LogP contribution is 1.97. The minimum absolute atomic E-state index is 0.0827. The molecule has 0 aromatic heterocycles. The molecule has 0 fully saturated rings. The Morgan fingerprint density at radius 3 is 2.69 bits per heavy atom. The first-order valence-corrected chi connectivity index (χ1v) is 4.75. The van der Waals surface area contributed by atoms with E-state index in [0.29, 0.717) is 25.9 Å². The van der Waals surface area contributed by atoms with Crippen molar-refractivity contribution in [2.45, 2.75) is 31.7 Å². The zero-order valence-corrected chi connectivity index (χ0v) is 8.09. The lowest BCUT2D eigenvalue weighted by molar-refractivity contribution is -0.122. The Labute approximate surface area is 80.0 Å². The summed E-state index contributed by atoms with van der Waals surface area (Å²) in [5, 5.41) is 2.70. The van der Waals surface area contributed by atoms with E-state index >= 15 is 0 Å². The molecule has 77 valence electrons. The van der Waals surface area contributed by atoms with Crippen LogP contribution in [0.15, 0.2) is 0 Å². The van der Waals surface area contributed by atoms with Crippen molar-refractivity contribution in [2.75, 3.05) is 13.1 Å². The lowest BCUT2D eigenvalue weighted by Crippen LogP contribution is -2.40. The Balaban J connectivity index is 3.45. The summed E-state index contributed by atoms with van der Waals surface area (Å²) in [5.41, 5.74) is 10.9. The van der Waals surface area contributed by atoms with Crippen molar-refractivity contribution in [2.24, 2.45) is 11.5 Å². The van der Waals surface area contributed by atoms with Crippen LogP contribution in [0.3, 0.4) is 0 Å². The molecule has 0 aromatic rings. The SMILES string of the molecule is [CH2]CCNC(=O)[C@@H](N)CCCCN. The maximum Gasteiger partial charge on any atom is 0.236 e. The van der Waals surface area contributed by atoms with Crippen LogP contribution in [0.4, 0.5) is 0 Å². The van der Waals surface area contributed by atoms with Crippen LogP contribution in [0.5, 0.6) is 0 Å². The van der Waals surface area contributed by atoms with Gasteiger partial charge in [0.05, 0.1) is 6.04 Å². The Bertz CT molecular complexity index is 139. The van der Waals surface area contributed by atoms with Gasteiger partial charge < -0.3 is 16.8 Å². The molecule has 0 aliphatic heterocycles. The third kappa shape index (κ3) is 6.54. The van der Waals surface area contributed by atoms with Gasteiger partial charge in [0.15, 0.2) is 0 Å². The van der Waals surface area contributed by atoms with Gasteiger partial charge in [-0.1, -0.05) is 13.3 Å². The molecule has 1 radical (unpaired) electrons. The largest absolute Gasteiger partial charge is 0.355 e. The number of nitrogens with two attached hydrogens (primary N) is 2. The average molecular weight is 186 g/mol. The molecule has 1 atom stereocenters. The number of amides is 1. The van der Waals surface area contributed by atoms with E-state index in [4.69, 9.17) is 11.5 Å². The van der Waals surface area contributed by atoms with Crippen LogP contribution < -0.4 is 16.8 Å². The molecule has 0 unspecified atom stereocenters. The maximum absolute atomic E-state index is 11.2. The van der Waals surface area contributed by atoms with Gasteiger partial charge >= 0.3 is 0 Å². The highest BCUT2D eigenvalue weighted by atomic mass is 16.2. The van der Waals surface area contributed by atoms with E-state index in [-0.39, 0.29) is 5.91 Å². The van der Waals surface area contributed by atoms with E-state index in [0.717, 1.165) is 12.8 Å². The standard InChI is InChI=1S/C9H20N3O/c1-2-7-12-9(13)8(11)5-3-4-6-10/h8H,1-7,10-11H2,(H,12,13)/t8-/m0/s1. The summed E-state index contributed by atoms with van der Waals surface area (Å²) in [6, 6.07) is -0.391. The summed E-state index contributed by atoms with van der Waals surface area (Å²) < 4.78 is 0. The lowest BCUT2D eigenvalue weighted by Gasteiger charge is -2.10. The second-order valence-electron chi connectivity index (χ2n) is 3.04. The summed E-state index contributed by atoms with van der Waals surface area (Å²) in [4.78, 5) is 11.2. The van der Waals surface area contributed by atoms with Crippen LogP contribution in [0, 0.1) is 6.92 Å². The van der Waals surface area contributed by atoms with Crippen molar-refractivity contribution in [1.82, 2.24) is 5.32 Å². The highest BCUT2D eigenvalue weighted by molar-refractivity contribution is 5.81. The molecule has 0 aromatic carbocycles. The highest BCUT2D eigenvalue weighted by Gasteiger charge is 2.10. The molecule has 4 heteroatoms. The van der Waals surface area contributed by atoms with Crippen molar-refractivity contribution in [3.63, 3.8) is 0 Å². The quantitative estimate of drug-likeness (QED) is 0.481. The van der Waals surface area contributed by atoms with E-state index < -0.39 is 6.04 Å². The van der Waals surface area contributed by atoms with Gasteiger partial charge in [-0.25, -0.2) is 0 Å². The van der Waals surface area contributed by atoms with Gasteiger partial charge in [-0.05, 0) is 25.8 Å². The zero-order chi connectivity index (χ0) is 10.1. The third-order valence-corrected chi connectivity index (χ3v) is 1.78. The summed E-state index contributed by atoms with van der Waals surface area (Å²) >= 11 is 0. The zero-order valence-electron chi connectivity index (χ0n) is 8.09. The van der Waals surface area contributed by atoms with Gasteiger partial charge in [0, 0.05) is 6.54 Å². The van der Waals surface area contributed by atoms with Gasteiger partial charge in [0.2, 0.25) is 5.91 Å². The van der Waals surface area contributed by atoms with Crippen LogP contribution >= 0.6 is 0 Å². The summed E-state index contributed by atoms with van der Waals surface area (Å²) in [5.74, 6) is -0.0827. The number of carbonyl (C=O) groups is 1. The number of nitrogens with one attached hydrogen (secondary N) is 1. The van der Waals surface area contributed by atoms with Crippen molar-refractivity contribution in [3.05, 3.63) is 6.92 Å². The summed E-state index contributed by atoms with van der Waals surface area (Å²) in [6.07, 6.45) is 3.24. The third-order valence-electron chi connectivity index (χ3n) is 1.78. The molecule has 0 aliphatic rings. The van der Waals surface area contributed by atoms with Crippen LogP contribution in [0.2, 0.25) is 0 Å². The van der Waals surface area contributed by atoms with Gasteiger partial charge in [-0.15, -0.1) is 0 Å². The van der Waals surface area contributed by atoms with Crippen LogP contribution in [0.25, 0.3) is 0 Å². The number of rotatable bonds is 7. The van der Waals surface area contributed by atoms with Crippen molar-refractivity contribution >= 4 is 5.91 Å². The summed E-state index contributed by atoms with van der Waals surface area (Å²) in [7, 11) is 0. The second kappa shape index (κ2) is 8.01. The monoisotopic (exact) mass is 186 g/mol. The predicted octanol–water partition coefficient (Wildman–Crippen LogP) is -0.217.